The van der Waals surface area contributed by atoms with Gasteiger partial charge in [0.2, 0.25) is 0 Å². The molecule has 6 heteroatoms. The number of nitrogens with zero attached hydrogens (tertiary/aromatic N) is 4. The van der Waals surface area contributed by atoms with E-state index >= 15 is 0 Å². The maximum Gasteiger partial charge on any atom is 0.141 e. The van der Waals surface area contributed by atoms with Gasteiger partial charge in [0.1, 0.15) is 22.0 Å². The van der Waals surface area contributed by atoms with E-state index in [1.807, 2.05) is 6.07 Å². The lowest BCUT2D eigenvalue weighted by Crippen LogP contribution is -2.22. The maximum atomic E-state index is 4.76. The Morgan fingerprint density at radius 3 is 2.86 bits per heavy atom. The molecule has 110 valence electrons. The van der Waals surface area contributed by atoms with E-state index < -0.39 is 0 Å². The number of thiophene rings is 1. The van der Waals surface area contributed by atoms with E-state index in [2.05, 4.69) is 58.5 Å². The quantitative estimate of drug-likeness (QED) is 0.556. The van der Waals surface area contributed by atoms with Crippen molar-refractivity contribution in [2.75, 3.05) is 11.9 Å². The van der Waals surface area contributed by atoms with Crippen molar-refractivity contribution < 1.29 is 0 Å². The molecule has 3 heterocycles. The SMILES string of the molecule is C[C@H](c1nc2ccccc2s1)N(C)c1ncnc2sccc12. The summed E-state index contributed by atoms with van der Waals surface area (Å²) < 4.78 is 1.22. The second-order valence-corrected chi connectivity index (χ2v) is 7.10. The van der Waals surface area contributed by atoms with Crippen LogP contribution in [0.5, 0.6) is 0 Å². The molecule has 0 amide bonds. The molecule has 0 fully saturated rings. The van der Waals surface area contributed by atoms with E-state index in [0.29, 0.717) is 0 Å². The van der Waals surface area contributed by atoms with E-state index in [1.165, 1.54) is 4.70 Å². The van der Waals surface area contributed by atoms with E-state index in [1.54, 1.807) is 29.0 Å². The van der Waals surface area contributed by atoms with Gasteiger partial charge in [-0.15, -0.1) is 22.7 Å². The highest BCUT2D eigenvalue weighted by Gasteiger charge is 2.19. The summed E-state index contributed by atoms with van der Waals surface area (Å²) in [5.74, 6) is 0.956. The number of para-hydroxylation sites is 1. The number of hydrogen-bond donors (Lipinski definition) is 0. The molecule has 0 N–H and O–H groups in total. The fourth-order valence-corrected chi connectivity index (χ4v) is 4.27. The van der Waals surface area contributed by atoms with Crippen LogP contribution in [0, 0.1) is 0 Å². The first-order valence-electron chi connectivity index (χ1n) is 7.00. The van der Waals surface area contributed by atoms with Crippen molar-refractivity contribution in [2.45, 2.75) is 13.0 Å². The summed E-state index contributed by atoms with van der Waals surface area (Å²) in [5.41, 5.74) is 1.06. The number of aromatic nitrogens is 3. The van der Waals surface area contributed by atoms with Crippen LogP contribution < -0.4 is 4.90 Å². The highest BCUT2D eigenvalue weighted by atomic mass is 32.1. The Morgan fingerprint density at radius 1 is 1.14 bits per heavy atom. The highest BCUT2D eigenvalue weighted by Crippen LogP contribution is 2.34. The molecule has 0 saturated heterocycles. The summed E-state index contributed by atoms with van der Waals surface area (Å²) in [5, 5.41) is 4.26. The van der Waals surface area contributed by atoms with Gasteiger partial charge in [-0.05, 0) is 30.5 Å². The van der Waals surface area contributed by atoms with Crippen molar-refractivity contribution in [1.82, 2.24) is 15.0 Å². The van der Waals surface area contributed by atoms with Gasteiger partial charge in [-0.2, -0.15) is 0 Å². The predicted molar refractivity (Wildman–Crippen MR) is 93.9 cm³/mol. The average Bonchev–Trinajstić information content (AvgIpc) is 3.19. The normalized spacial score (nSPS) is 12.8. The van der Waals surface area contributed by atoms with E-state index in [9.17, 15) is 0 Å². The van der Waals surface area contributed by atoms with Gasteiger partial charge in [0.15, 0.2) is 0 Å². The number of benzene rings is 1. The third-order valence-electron chi connectivity index (χ3n) is 3.82. The molecule has 4 aromatic rings. The lowest BCUT2D eigenvalue weighted by atomic mass is 10.2. The fourth-order valence-electron chi connectivity index (χ4n) is 2.48. The molecule has 3 aromatic heterocycles. The van der Waals surface area contributed by atoms with Gasteiger partial charge in [0.05, 0.1) is 21.6 Å². The number of fused-ring (bicyclic) bond motifs is 2. The largest absolute Gasteiger partial charge is 0.350 e. The van der Waals surface area contributed by atoms with Gasteiger partial charge in [0.25, 0.3) is 0 Å². The standard InChI is InChI=1S/C16H14N4S2/c1-10(15-19-12-5-3-4-6-13(12)22-15)20(2)14-11-7-8-21-16(11)18-9-17-14/h3-10H,1-2H3/t10-/m1/s1. The first-order valence-corrected chi connectivity index (χ1v) is 8.70. The Balaban J connectivity index is 1.75. The van der Waals surface area contributed by atoms with Gasteiger partial charge in [-0.3, -0.25) is 0 Å². The molecule has 0 unspecified atom stereocenters. The van der Waals surface area contributed by atoms with Crippen LogP contribution in [0.3, 0.4) is 0 Å². The van der Waals surface area contributed by atoms with Crippen LogP contribution in [-0.4, -0.2) is 22.0 Å². The molecule has 1 aromatic carbocycles. The third-order valence-corrected chi connectivity index (χ3v) is 5.85. The average molecular weight is 326 g/mol. The monoisotopic (exact) mass is 326 g/mol. The third kappa shape index (κ3) is 2.15. The van der Waals surface area contributed by atoms with Crippen LogP contribution in [0.25, 0.3) is 20.4 Å². The minimum Gasteiger partial charge on any atom is -0.350 e. The number of anilines is 1. The summed E-state index contributed by atoms with van der Waals surface area (Å²) in [4.78, 5) is 16.8. The summed E-state index contributed by atoms with van der Waals surface area (Å²) in [6.45, 7) is 2.16. The van der Waals surface area contributed by atoms with Crippen LogP contribution in [0.1, 0.15) is 18.0 Å². The molecule has 0 saturated carbocycles. The molecular formula is C16H14N4S2. The molecule has 0 aliphatic carbocycles. The van der Waals surface area contributed by atoms with Crippen LogP contribution in [0.15, 0.2) is 42.0 Å². The Bertz CT molecular complexity index is 910. The molecule has 0 radical (unpaired) electrons. The van der Waals surface area contributed by atoms with Gasteiger partial charge in [-0.1, -0.05) is 12.1 Å². The maximum absolute atomic E-state index is 4.76. The molecular weight excluding hydrogens is 312 g/mol. The lowest BCUT2D eigenvalue weighted by Gasteiger charge is -2.24. The van der Waals surface area contributed by atoms with Crippen molar-refractivity contribution in [3.05, 3.63) is 47.0 Å². The molecule has 0 aliphatic rings. The van der Waals surface area contributed by atoms with Crippen molar-refractivity contribution in [3.8, 4) is 0 Å². The molecule has 0 spiro atoms. The fraction of sp³-hybridized carbons (Fsp3) is 0.188. The zero-order valence-electron chi connectivity index (χ0n) is 12.2. The second kappa shape index (κ2) is 5.30. The van der Waals surface area contributed by atoms with Crippen molar-refractivity contribution in [2.24, 2.45) is 0 Å². The topological polar surface area (TPSA) is 41.9 Å². The van der Waals surface area contributed by atoms with Crippen LogP contribution in [0.2, 0.25) is 0 Å². The van der Waals surface area contributed by atoms with Crippen LogP contribution in [0.4, 0.5) is 5.82 Å². The smallest absolute Gasteiger partial charge is 0.141 e. The summed E-state index contributed by atoms with van der Waals surface area (Å²) in [7, 11) is 2.07. The summed E-state index contributed by atoms with van der Waals surface area (Å²) in [6.07, 6.45) is 1.63. The van der Waals surface area contributed by atoms with E-state index in [-0.39, 0.29) is 6.04 Å². The van der Waals surface area contributed by atoms with E-state index in [4.69, 9.17) is 4.98 Å². The Morgan fingerprint density at radius 2 is 2.00 bits per heavy atom. The van der Waals surface area contributed by atoms with Gasteiger partial charge in [0, 0.05) is 7.05 Å². The predicted octanol–water partition coefficient (Wildman–Crippen LogP) is 4.50. The lowest BCUT2D eigenvalue weighted by molar-refractivity contribution is 0.726. The highest BCUT2D eigenvalue weighted by molar-refractivity contribution is 7.18. The van der Waals surface area contributed by atoms with Gasteiger partial charge in [-0.25, -0.2) is 15.0 Å². The van der Waals surface area contributed by atoms with E-state index in [0.717, 1.165) is 26.6 Å². The molecule has 4 rings (SSSR count). The Kier molecular flexibility index (Phi) is 3.28. The molecule has 0 aliphatic heterocycles. The van der Waals surface area contributed by atoms with Gasteiger partial charge < -0.3 is 4.90 Å². The molecule has 22 heavy (non-hydrogen) atoms. The molecule has 1 atom stereocenters. The first kappa shape index (κ1) is 13.6. The van der Waals surface area contributed by atoms with Crippen molar-refractivity contribution >= 4 is 48.9 Å². The number of hydrogen-bond acceptors (Lipinski definition) is 6. The zero-order chi connectivity index (χ0) is 15.1. The van der Waals surface area contributed by atoms with Gasteiger partial charge >= 0.3 is 0 Å². The minimum atomic E-state index is 0.162. The first-order chi connectivity index (χ1) is 10.7. The summed E-state index contributed by atoms with van der Waals surface area (Å²) >= 11 is 3.38. The number of rotatable bonds is 3. The van der Waals surface area contributed by atoms with Crippen molar-refractivity contribution in [3.63, 3.8) is 0 Å². The van der Waals surface area contributed by atoms with Crippen LogP contribution >= 0.6 is 22.7 Å². The summed E-state index contributed by atoms with van der Waals surface area (Å²) in [6, 6.07) is 10.5. The Labute approximate surface area is 136 Å². The van der Waals surface area contributed by atoms with Crippen molar-refractivity contribution in [1.29, 1.82) is 0 Å². The molecule has 4 nitrogen and oxygen atoms in total. The zero-order valence-corrected chi connectivity index (χ0v) is 13.9. The Hall–Kier alpha value is -2.05. The van der Waals surface area contributed by atoms with Crippen LogP contribution in [-0.2, 0) is 0 Å². The molecule has 0 bridgehead atoms. The second-order valence-electron chi connectivity index (χ2n) is 5.14. The minimum absolute atomic E-state index is 0.162. The number of thiazole rings is 1.